The highest BCUT2D eigenvalue weighted by Gasteiger charge is 2.05. The first-order valence-corrected chi connectivity index (χ1v) is 4.24. The Labute approximate surface area is 86.8 Å². The summed E-state index contributed by atoms with van der Waals surface area (Å²) < 4.78 is 4.76. The van der Waals surface area contributed by atoms with E-state index in [1.165, 1.54) is 30.3 Å². The smallest absolute Gasteiger partial charge is 0.338 e. The molecule has 0 fully saturated rings. The molecule has 78 valence electrons. The summed E-state index contributed by atoms with van der Waals surface area (Å²) in [7, 11) is 0. The van der Waals surface area contributed by atoms with Crippen molar-refractivity contribution < 1.29 is 19.4 Å². The average Bonchev–Trinajstić information content (AvgIpc) is 2.26. The fraction of sp³-hybridized carbons (Fsp3) is 0.0909. The maximum Gasteiger partial charge on any atom is 0.338 e. The second kappa shape index (κ2) is 4.95. The molecule has 0 unspecified atom stereocenters. The van der Waals surface area contributed by atoms with Gasteiger partial charge >= 0.3 is 5.97 Å². The molecule has 0 amide bonds. The van der Waals surface area contributed by atoms with Gasteiger partial charge in [0.05, 0.1) is 11.5 Å². The number of carbonyl (C=O) groups is 2. The first-order chi connectivity index (χ1) is 7.15. The van der Waals surface area contributed by atoms with E-state index in [1.807, 2.05) is 0 Å². The van der Waals surface area contributed by atoms with Crippen LogP contribution < -0.4 is 5.11 Å². The molecule has 0 aliphatic rings. The van der Waals surface area contributed by atoms with Gasteiger partial charge in [-0.3, -0.25) is 0 Å². The summed E-state index contributed by atoms with van der Waals surface area (Å²) in [5.41, 5.74) is 0.317. The number of esters is 1. The first-order valence-electron chi connectivity index (χ1n) is 4.24. The van der Waals surface area contributed by atoms with Crippen molar-refractivity contribution in [3.05, 3.63) is 48.0 Å². The molecule has 1 aromatic carbocycles. The highest BCUT2D eigenvalue weighted by atomic mass is 16.5. The largest absolute Gasteiger partial charge is 0.545 e. The van der Waals surface area contributed by atoms with Crippen molar-refractivity contribution in [1.29, 1.82) is 0 Å². The molecule has 0 aliphatic heterocycles. The molecule has 0 heterocycles. The SMILES string of the molecule is C=CCOC(=O)c1ccc(C(=O)[O-])cc1. The van der Waals surface area contributed by atoms with Gasteiger partial charge in [0.15, 0.2) is 0 Å². The highest BCUT2D eigenvalue weighted by molar-refractivity contribution is 5.91. The van der Waals surface area contributed by atoms with Crippen molar-refractivity contribution in [3.63, 3.8) is 0 Å². The summed E-state index contributed by atoms with van der Waals surface area (Å²) in [5, 5.41) is 10.4. The Morgan fingerprint density at radius 1 is 1.27 bits per heavy atom. The molecule has 0 N–H and O–H groups in total. The van der Waals surface area contributed by atoms with Crippen molar-refractivity contribution in [3.8, 4) is 0 Å². The number of hydrogen-bond acceptors (Lipinski definition) is 4. The van der Waals surface area contributed by atoms with Crippen LogP contribution in [0, 0.1) is 0 Å². The van der Waals surface area contributed by atoms with Gasteiger partial charge in [-0.15, -0.1) is 0 Å². The summed E-state index contributed by atoms with van der Waals surface area (Å²) in [6.45, 7) is 3.53. The van der Waals surface area contributed by atoms with Gasteiger partial charge in [0, 0.05) is 0 Å². The maximum absolute atomic E-state index is 11.3. The topological polar surface area (TPSA) is 66.4 Å². The van der Waals surface area contributed by atoms with Crippen molar-refractivity contribution in [2.45, 2.75) is 0 Å². The van der Waals surface area contributed by atoms with Gasteiger partial charge in [-0.1, -0.05) is 24.8 Å². The van der Waals surface area contributed by atoms with Crippen LogP contribution >= 0.6 is 0 Å². The quantitative estimate of drug-likeness (QED) is 0.527. The molecule has 15 heavy (non-hydrogen) atoms. The summed E-state index contributed by atoms with van der Waals surface area (Å²) in [5.74, 6) is -1.79. The van der Waals surface area contributed by atoms with Gasteiger partial charge in [-0.25, -0.2) is 4.79 Å². The zero-order valence-electron chi connectivity index (χ0n) is 7.93. The van der Waals surface area contributed by atoms with Crippen molar-refractivity contribution in [1.82, 2.24) is 0 Å². The van der Waals surface area contributed by atoms with Crippen LogP contribution in [0.4, 0.5) is 0 Å². The minimum Gasteiger partial charge on any atom is -0.545 e. The van der Waals surface area contributed by atoms with E-state index in [0.717, 1.165) is 0 Å². The summed E-state index contributed by atoms with van der Waals surface area (Å²) in [4.78, 5) is 21.7. The Hall–Kier alpha value is -2.10. The molecular formula is C11H9O4-. The van der Waals surface area contributed by atoms with Crippen LogP contribution in [0.3, 0.4) is 0 Å². The van der Waals surface area contributed by atoms with Crippen LogP contribution in [0.2, 0.25) is 0 Å². The van der Waals surface area contributed by atoms with Gasteiger partial charge in [-0.2, -0.15) is 0 Å². The zero-order valence-corrected chi connectivity index (χ0v) is 7.93. The number of carboxylic acid groups (broad SMARTS) is 1. The van der Waals surface area contributed by atoms with E-state index < -0.39 is 11.9 Å². The normalized spacial score (nSPS) is 9.33. The Morgan fingerprint density at radius 3 is 2.27 bits per heavy atom. The Balaban J connectivity index is 2.75. The van der Waals surface area contributed by atoms with Crippen molar-refractivity contribution in [2.75, 3.05) is 6.61 Å². The van der Waals surface area contributed by atoms with Crippen LogP contribution in [0.25, 0.3) is 0 Å². The van der Waals surface area contributed by atoms with Gasteiger partial charge < -0.3 is 14.6 Å². The lowest BCUT2D eigenvalue weighted by molar-refractivity contribution is -0.255. The lowest BCUT2D eigenvalue weighted by Gasteiger charge is -2.04. The minimum absolute atomic E-state index is 0.0234. The molecule has 0 bridgehead atoms. The lowest BCUT2D eigenvalue weighted by Crippen LogP contribution is -2.22. The summed E-state index contributed by atoms with van der Waals surface area (Å²) in [6.07, 6.45) is 1.45. The molecule has 0 aliphatic carbocycles. The van der Waals surface area contributed by atoms with E-state index >= 15 is 0 Å². The highest BCUT2D eigenvalue weighted by Crippen LogP contribution is 2.05. The predicted octanol–water partition coefficient (Wildman–Crippen LogP) is 0.393. The second-order valence-electron chi connectivity index (χ2n) is 2.75. The van der Waals surface area contributed by atoms with E-state index in [0.29, 0.717) is 5.56 Å². The Morgan fingerprint density at radius 2 is 1.80 bits per heavy atom. The van der Waals surface area contributed by atoms with E-state index in [4.69, 9.17) is 4.74 Å². The Kier molecular flexibility index (Phi) is 3.62. The van der Waals surface area contributed by atoms with E-state index in [-0.39, 0.29) is 12.2 Å². The zero-order chi connectivity index (χ0) is 11.3. The van der Waals surface area contributed by atoms with E-state index in [1.54, 1.807) is 0 Å². The average molecular weight is 205 g/mol. The number of hydrogen-bond donors (Lipinski definition) is 0. The lowest BCUT2D eigenvalue weighted by atomic mass is 10.1. The van der Waals surface area contributed by atoms with Crippen LogP contribution in [0.5, 0.6) is 0 Å². The van der Waals surface area contributed by atoms with Gasteiger partial charge in [-0.05, 0) is 17.7 Å². The Bertz CT molecular complexity index is 378. The molecule has 0 saturated heterocycles. The molecule has 0 saturated carbocycles. The number of carboxylic acids is 1. The summed E-state index contributed by atoms with van der Waals surface area (Å²) >= 11 is 0. The van der Waals surface area contributed by atoms with Crippen molar-refractivity contribution in [2.24, 2.45) is 0 Å². The number of carbonyl (C=O) groups excluding carboxylic acids is 2. The third-order valence-corrected chi connectivity index (χ3v) is 1.69. The van der Waals surface area contributed by atoms with Crippen LogP contribution in [0.15, 0.2) is 36.9 Å². The fourth-order valence-corrected chi connectivity index (χ4v) is 0.960. The van der Waals surface area contributed by atoms with E-state index in [9.17, 15) is 14.7 Å². The number of benzene rings is 1. The molecule has 4 nitrogen and oxygen atoms in total. The van der Waals surface area contributed by atoms with Crippen LogP contribution in [0.1, 0.15) is 20.7 Å². The summed E-state index contributed by atoms with van der Waals surface area (Å²) in [6, 6.07) is 5.33. The third kappa shape index (κ3) is 2.95. The van der Waals surface area contributed by atoms with Crippen LogP contribution in [-0.2, 0) is 4.74 Å². The van der Waals surface area contributed by atoms with Gasteiger partial charge in [0.2, 0.25) is 0 Å². The number of ether oxygens (including phenoxy) is 1. The van der Waals surface area contributed by atoms with Gasteiger partial charge in [0.1, 0.15) is 6.61 Å². The van der Waals surface area contributed by atoms with Crippen LogP contribution in [-0.4, -0.2) is 18.5 Å². The molecular weight excluding hydrogens is 196 g/mol. The van der Waals surface area contributed by atoms with Gasteiger partial charge in [0.25, 0.3) is 0 Å². The molecule has 1 aromatic rings. The predicted molar refractivity (Wildman–Crippen MR) is 51.3 cm³/mol. The monoisotopic (exact) mass is 205 g/mol. The molecule has 4 heteroatoms. The first kappa shape index (κ1) is 11.0. The molecule has 0 radical (unpaired) electrons. The second-order valence-corrected chi connectivity index (χ2v) is 2.75. The number of aromatic carboxylic acids is 1. The molecule has 0 atom stereocenters. The minimum atomic E-state index is -1.28. The van der Waals surface area contributed by atoms with Crippen molar-refractivity contribution >= 4 is 11.9 Å². The number of rotatable bonds is 4. The third-order valence-electron chi connectivity index (χ3n) is 1.69. The standard InChI is InChI=1S/C11H10O4/c1-2-7-15-11(14)9-5-3-8(4-6-9)10(12)13/h2-6H,1,7H2,(H,12,13)/p-1. The van der Waals surface area contributed by atoms with E-state index in [2.05, 4.69) is 6.58 Å². The molecule has 1 rings (SSSR count). The molecule has 0 aromatic heterocycles. The molecule has 0 spiro atoms. The maximum atomic E-state index is 11.3. The fourth-order valence-electron chi connectivity index (χ4n) is 0.960.